The minimum Gasteiger partial charge on any atom is -0.325 e. The van der Waals surface area contributed by atoms with Crippen molar-refractivity contribution >= 4 is 23.2 Å². The van der Waals surface area contributed by atoms with Gasteiger partial charge in [-0.05, 0) is 63.4 Å². The van der Waals surface area contributed by atoms with Crippen LogP contribution in [0.5, 0.6) is 0 Å². The Hall–Kier alpha value is -1.10. The maximum Gasteiger partial charge on any atom is 0.238 e. The summed E-state index contributed by atoms with van der Waals surface area (Å²) in [5, 5.41) is 3.69. The van der Waals surface area contributed by atoms with Gasteiger partial charge in [0.15, 0.2) is 0 Å². The molecule has 2 aliphatic heterocycles. The highest BCUT2D eigenvalue weighted by Crippen LogP contribution is 2.29. The van der Waals surface area contributed by atoms with Crippen LogP contribution in [-0.4, -0.2) is 55.0 Å². The summed E-state index contributed by atoms with van der Waals surface area (Å²) in [6, 6.07) is 6.32. The number of hydrogen-bond acceptors (Lipinski definition) is 3. The van der Waals surface area contributed by atoms with Crippen LogP contribution in [0.4, 0.5) is 5.69 Å². The zero-order valence-corrected chi connectivity index (χ0v) is 14.8. The topological polar surface area (TPSA) is 35.6 Å². The van der Waals surface area contributed by atoms with Gasteiger partial charge in [-0.1, -0.05) is 17.7 Å². The Morgan fingerprint density at radius 1 is 1.35 bits per heavy atom. The van der Waals surface area contributed by atoms with Crippen molar-refractivity contribution in [3.05, 3.63) is 28.8 Å². The van der Waals surface area contributed by atoms with Gasteiger partial charge in [0.05, 0.1) is 6.54 Å². The number of piperidine rings is 2. The summed E-state index contributed by atoms with van der Waals surface area (Å²) in [5.41, 5.74) is 1.74. The van der Waals surface area contributed by atoms with E-state index in [0.29, 0.717) is 23.5 Å². The predicted octanol–water partition coefficient (Wildman–Crippen LogP) is 3.00. The lowest BCUT2D eigenvalue weighted by Gasteiger charge is -2.45. The summed E-state index contributed by atoms with van der Waals surface area (Å²) in [7, 11) is 2.24. The zero-order valence-electron chi connectivity index (χ0n) is 14.0. The number of likely N-dealkylation sites (tertiary alicyclic amines) is 2. The van der Waals surface area contributed by atoms with E-state index in [1.165, 1.54) is 25.8 Å². The van der Waals surface area contributed by atoms with Gasteiger partial charge in [-0.2, -0.15) is 0 Å². The van der Waals surface area contributed by atoms with E-state index in [0.717, 1.165) is 24.3 Å². The van der Waals surface area contributed by atoms with Gasteiger partial charge in [-0.15, -0.1) is 0 Å². The van der Waals surface area contributed by atoms with Crippen LogP contribution in [0, 0.1) is 12.8 Å². The monoisotopic (exact) mass is 335 g/mol. The molecule has 0 aliphatic carbocycles. The standard InChI is InChI=1S/C18H26ClN3O/c1-13-15(19)6-3-7-16(13)20-18(23)12-22-10-8-17-14(11-22)5-4-9-21(17)2/h3,6-7,14,17H,4-5,8-12H2,1-2H3,(H,20,23)/t14-,17-/m0/s1. The molecule has 1 amide bonds. The van der Waals surface area contributed by atoms with E-state index >= 15 is 0 Å². The molecule has 0 spiro atoms. The van der Waals surface area contributed by atoms with Crippen molar-refractivity contribution < 1.29 is 4.79 Å². The quantitative estimate of drug-likeness (QED) is 0.922. The summed E-state index contributed by atoms with van der Waals surface area (Å²) < 4.78 is 0. The lowest BCUT2D eigenvalue weighted by molar-refractivity contribution is -0.118. The van der Waals surface area contributed by atoms with Gasteiger partial charge >= 0.3 is 0 Å². The first kappa shape index (κ1) is 16.7. The van der Waals surface area contributed by atoms with E-state index in [1.807, 2.05) is 25.1 Å². The molecule has 1 aromatic carbocycles. The number of halogens is 1. The molecule has 2 atom stereocenters. The molecule has 2 heterocycles. The summed E-state index contributed by atoms with van der Waals surface area (Å²) in [6.07, 6.45) is 3.74. The average molecular weight is 336 g/mol. The maximum absolute atomic E-state index is 12.4. The average Bonchev–Trinajstić information content (AvgIpc) is 2.52. The van der Waals surface area contributed by atoms with Crippen LogP contribution < -0.4 is 5.32 Å². The molecule has 3 rings (SSSR count). The van der Waals surface area contributed by atoms with Gasteiger partial charge in [0, 0.05) is 29.8 Å². The third-order valence-corrected chi connectivity index (χ3v) is 5.75. The lowest BCUT2D eigenvalue weighted by atomic mass is 9.84. The normalized spacial score (nSPS) is 25.9. The highest BCUT2D eigenvalue weighted by atomic mass is 35.5. The number of amides is 1. The van der Waals surface area contributed by atoms with E-state index in [9.17, 15) is 4.79 Å². The fourth-order valence-corrected chi connectivity index (χ4v) is 4.18. The van der Waals surface area contributed by atoms with Crippen molar-refractivity contribution in [3.63, 3.8) is 0 Å². The maximum atomic E-state index is 12.4. The molecular weight excluding hydrogens is 310 g/mol. The molecule has 0 aromatic heterocycles. The van der Waals surface area contributed by atoms with Crippen LogP contribution in [0.15, 0.2) is 18.2 Å². The molecule has 0 bridgehead atoms. The van der Waals surface area contributed by atoms with E-state index in [4.69, 9.17) is 11.6 Å². The fourth-order valence-electron chi connectivity index (χ4n) is 4.01. The van der Waals surface area contributed by atoms with Crippen LogP contribution in [0.2, 0.25) is 5.02 Å². The second-order valence-corrected chi connectivity index (χ2v) is 7.34. The van der Waals surface area contributed by atoms with E-state index < -0.39 is 0 Å². The smallest absolute Gasteiger partial charge is 0.238 e. The Morgan fingerprint density at radius 2 is 2.17 bits per heavy atom. The zero-order chi connectivity index (χ0) is 16.4. The fraction of sp³-hybridized carbons (Fsp3) is 0.611. The van der Waals surface area contributed by atoms with Crippen LogP contribution in [0.25, 0.3) is 0 Å². The Morgan fingerprint density at radius 3 is 3.00 bits per heavy atom. The second kappa shape index (κ2) is 7.20. The number of nitrogens with zero attached hydrogens (tertiary/aromatic N) is 2. The molecule has 5 heteroatoms. The van der Waals surface area contributed by atoms with Gasteiger partial charge in [0.25, 0.3) is 0 Å². The van der Waals surface area contributed by atoms with Crippen molar-refractivity contribution in [2.24, 2.45) is 5.92 Å². The molecule has 0 saturated carbocycles. The van der Waals surface area contributed by atoms with E-state index in [-0.39, 0.29) is 5.91 Å². The second-order valence-electron chi connectivity index (χ2n) is 6.93. The molecule has 0 radical (unpaired) electrons. The van der Waals surface area contributed by atoms with E-state index in [1.54, 1.807) is 0 Å². The number of nitrogens with one attached hydrogen (secondary N) is 1. The minimum absolute atomic E-state index is 0.0537. The molecule has 4 nitrogen and oxygen atoms in total. The van der Waals surface area contributed by atoms with Gasteiger partial charge in [0.2, 0.25) is 5.91 Å². The Bertz CT molecular complexity index is 577. The summed E-state index contributed by atoms with van der Waals surface area (Å²) in [5.74, 6) is 0.765. The third kappa shape index (κ3) is 3.87. The Kier molecular flexibility index (Phi) is 5.24. The van der Waals surface area contributed by atoms with Crippen molar-refractivity contribution in [2.45, 2.75) is 32.2 Å². The first-order valence-corrected chi connectivity index (χ1v) is 8.90. The number of rotatable bonds is 3. The van der Waals surface area contributed by atoms with Gasteiger partial charge in [0.1, 0.15) is 0 Å². The lowest BCUT2D eigenvalue weighted by Crippen LogP contribution is -2.53. The molecular formula is C18H26ClN3O. The van der Waals surface area contributed by atoms with Gasteiger partial charge in [-0.25, -0.2) is 0 Å². The van der Waals surface area contributed by atoms with Crippen LogP contribution in [-0.2, 0) is 4.79 Å². The SMILES string of the molecule is Cc1c(Cl)cccc1NC(=O)CN1CC[C@H]2[C@@H](CCCN2C)C1. The number of hydrogen-bond donors (Lipinski definition) is 1. The highest BCUT2D eigenvalue weighted by molar-refractivity contribution is 6.31. The number of anilines is 1. The molecule has 2 aliphatic rings. The molecule has 1 N–H and O–H groups in total. The molecule has 2 fully saturated rings. The summed E-state index contributed by atoms with van der Waals surface area (Å²) >= 11 is 6.11. The number of carbonyl (C=O) groups excluding carboxylic acids is 1. The Labute approximate surface area is 143 Å². The predicted molar refractivity (Wildman–Crippen MR) is 95.0 cm³/mol. The highest BCUT2D eigenvalue weighted by Gasteiger charge is 2.34. The first-order chi connectivity index (χ1) is 11.0. The largest absolute Gasteiger partial charge is 0.325 e. The summed E-state index contributed by atoms with van der Waals surface area (Å²) in [4.78, 5) is 17.2. The van der Waals surface area contributed by atoms with Crippen molar-refractivity contribution in [2.75, 3.05) is 38.5 Å². The van der Waals surface area contributed by atoms with Crippen molar-refractivity contribution in [1.82, 2.24) is 9.80 Å². The van der Waals surface area contributed by atoms with E-state index in [2.05, 4.69) is 22.2 Å². The molecule has 1 aromatic rings. The Balaban J connectivity index is 1.55. The number of benzene rings is 1. The van der Waals surface area contributed by atoms with Crippen LogP contribution in [0.1, 0.15) is 24.8 Å². The van der Waals surface area contributed by atoms with Crippen LogP contribution >= 0.6 is 11.6 Å². The van der Waals surface area contributed by atoms with Crippen LogP contribution in [0.3, 0.4) is 0 Å². The molecule has 2 saturated heterocycles. The molecule has 126 valence electrons. The third-order valence-electron chi connectivity index (χ3n) is 5.34. The van der Waals surface area contributed by atoms with Crippen molar-refractivity contribution in [3.8, 4) is 0 Å². The minimum atomic E-state index is 0.0537. The molecule has 0 unspecified atom stereocenters. The van der Waals surface area contributed by atoms with Crippen molar-refractivity contribution in [1.29, 1.82) is 0 Å². The van der Waals surface area contributed by atoms with Gasteiger partial charge < -0.3 is 10.2 Å². The first-order valence-electron chi connectivity index (χ1n) is 8.52. The van der Waals surface area contributed by atoms with Gasteiger partial charge in [-0.3, -0.25) is 9.69 Å². The number of carbonyl (C=O) groups is 1. The summed E-state index contributed by atoms with van der Waals surface area (Å²) in [6.45, 7) is 5.67. The number of fused-ring (bicyclic) bond motifs is 1. The molecule has 23 heavy (non-hydrogen) atoms.